The van der Waals surface area contributed by atoms with Crippen molar-refractivity contribution in [1.82, 2.24) is 5.32 Å². The molecule has 2 atom stereocenters. The predicted molar refractivity (Wildman–Crippen MR) is 85.0 cm³/mol. The molecule has 20 heavy (non-hydrogen) atoms. The molecule has 0 fully saturated rings. The van der Waals surface area contributed by atoms with Gasteiger partial charge in [0.2, 0.25) is 0 Å². The van der Waals surface area contributed by atoms with Crippen molar-refractivity contribution in [3.63, 3.8) is 0 Å². The van der Waals surface area contributed by atoms with E-state index in [-0.39, 0.29) is 6.61 Å². The Balaban J connectivity index is 2.27. The van der Waals surface area contributed by atoms with E-state index in [1.165, 1.54) is 0 Å². The number of aliphatic hydroxyl groups excluding tert-OH is 1. The average Bonchev–Trinajstić information content (AvgIpc) is 2.48. The van der Waals surface area contributed by atoms with Gasteiger partial charge < -0.3 is 19.9 Å². The monoisotopic (exact) mass is 299 g/mol. The van der Waals surface area contributed by atoms with E-state index in [9.17, 15) is 5.11 Å². The highest BCUT2D eigenvalue weighted by molar-refractivity contribution is 7.99. The molecule has 2 unspecified atom stereocenters. The van der Waals surface area contributed by atoms with Gasteiger partial charge in [-0.1, -0.05) is 19.1 Å². The van der Waals surface area contributed by atoms with Gasteiger partial charge in [0.05, 0.1) is 7.11 Å². The summed E-state index contributed by atoms with van der Waals surface area (Å²) in [4.78, 5) is 0. The Morgan fingerprint density at radius 1 is 1.30 bits per heavy atom. The molecule has 0 heterocycles. The van der Waals surface area contributed by atoms with Crippen molar-refractivity contribution in [2.45, 2.75) is 26.0 Å². The molecule has 1 rings (SSSR count). The average molecular weight is 299 g/mol. The summed E-state index contributed by atoms with van der Waals surface area (Å²) >= 11 is 1.89. The Hall–Kier alpha value is -0.910. The van der Waals surface area contributed by atoms with Crippen LogP contribution in [0.1, 0.15) is 13.8 Å². The molecule has 0 saturated heterocycles. The van der Waals surface area contributed by atoms with Gasteiger partial charge in [-0.3, -0.25) is 0 Å². The van der Waals surface area contributed by atoms with Crippen molar-refractivity contribution in [2.75, 3.05) is 31.8 Å². The van der Waals surface area contributed by atoms with Gasteiger partial charge in [-0.05, 0) is 24.8 Å². The summed E-state index contributed by atoms with van der Waals surface area (Å²) in [5.41, 5.74) is 0. The van der Waals surface area contributed by atoms with Gasteiger partial charge in [0, 0.05) is 18.3 Å². The van der Waals surface area contributed by atoms with Crippen molar-refractivity contribution < 1.29 is 14.6 Å². The second-order valence-corrected chi connectivity index (χ2v) is 5.90. The van der Waals surface area contributed by atoms with Crippen molar-refractivity contribution in [3.05, 3.63) is 24.3 Å². The largest absolute Gasteiger partial charge is 0.493 e. The first kappa shape index (κ1) is 17.1. The van der Waals surface area contributed by atoms with Gasteiger partial charge >= 0.3 is 0 Å². The number of hydrogen-bond donors (Lipinski definition) is 2. The quantitative estimate of drug-likeness (QED) is 0.693. The molecule has 114 valence electrons. The van der Waals surface area contributed by atoms with Crippen LogP contribution in [-0.2, 0) is 0 Å². The van der Waals surface area contributed by atoms with Crippen molar-refractivity contribution in [2.24, 2.45) is 0 Å². The highest BCUT2D eigenvalue weighted by Gasteiger charge is 2.09. The molecule has 4 nitrogen and oxygen atoms in total. The van der Waals surface area contributed by atoms with Crippen LogP contribution in [0.25, 0.3) is 0 Å². The van der Waals surface area contributed by atoms with Crippen LogP contribution in [0.5, 0.6) is 11.5 Å². The molecule has 0 spiro atoms. The van der Waals surface area contributed by atoms with Crippen LogP contribution in [0, 0.1) is 0 Å². The van der Waals surface area contributed by atoms with Gasteiger partial charge in [0.25, 0.3) is 0 Å². The second kappa shape index (κ2) is 9.91. The number of para-hydroxylation sites is 2. The van der Waals surface area contributed by atoms with Crippen LogP contribution in [0.4, 0.5) is 0 Å². The smallest absolute Gasteiger partial charge is 0.161 e. The molecule has 0 saturated carbocycles. The van der Waals surface area contributed by atoms with E-state index in [2.05, 4.69) is 19.2 Å². The molecule has 5 heteroatoms. The first-order chi connectivity index (χ1) is 9.67. The lowest BCUT2D eigenvalue weighted by molar-refractivity contribution is 0.103. The number of hydrogen-bond acceptors (Lipinski definition) is 5. The number of benzene rings is 1. The van der Waals surface area contributed by atoms with Crippen LogP contribution in [0.3, 0.4) is 0 Å². The third-order valence-electron chi connectivity index (χ3n) is 2.77. The molecule has 0 radical (unpaired) electrons. The highest BCUT2D eigenvalue weighted by atomic mass is 32.2. The van der Waals surface area contributed by atoms with Gasteiger partial charge in [0.15, 0.2) is 11.5 Å². The van der Waals surface area contributed by atoms with E-state index in [4.69, 9.17) is 9.47 Å². The third kappa shape index (κ3) is 6.50. The van der Waals surface area contributed by atoms with E-state index in [0.717, 1.165) is 11.5 Å². The lowest BCUT2D eigenvalue weighted by Gasteiger charge is -2.18. The number of methoxy groups -OCH3 is 1. The minimum absolute atomic E-state index is 0.251. The number of rotatable bonds is 10. The standard InChI is InChI=1S/C15H25NO3S/c1-4-20-11-12(2)16-9-13(17)10-19-15-8-6-5-7-14(15)18-3/h5-8,12-13,16-17H,4,9-11H2,1-3H3. The first-order valence-electron chi connectivity index (χ1n) is 6.92. The molecule has 1 aromatic rings. The Labute approximate surface area is 125 Å². The summed E-state index contributed by atoms with van der Waals surface area (Å²) in [7, 11) is 1.60. The van der Waals surface area contributed by atoms with Gasteiger partial charge in [-0.15, -0.1) is 0 Å². The predicted octanol–water partition coefficient (Wildman–Crippen LogP) is 2.17. The Kier molecular flexibility index (Phi) is 8.49. The highest BCUT2D eigenvalue weighted by Crippen LogP contribution is 2.25. The van der Waals surface area contributed by atoms with Gasteiger partial charge in [-0.2, -0.15) is 11.8 Å². The van der Waals surface area contributed by atoms with Crippen LogP contribution in [0.15, 0.2) is 24.3 Å². The molecular weight excluding hydrogens is 274 g/mol. The second-order valence-electron chi connectivity index (χ2n) is 4.58. The zero-order valence-corrected chi connectivity index (χ0v) is 13.3. The topological polar surface area (TPSA) is 50.7 Å². The van der Waals surface area contributed by atoms with E-state index in [1.54, 1.807) is 7.11 Å². The van der Waals surface area contributed by atoms with Gasteiger partial charge in [-0.25, -0.2) is 0 Å². The van der Waals surface area contributed by atoms with Crippen LogP contribution < -0.4 is 14.8 Å². The summed E-state index contributed by atoms with van der Waals surface area (Å²) in [6, 6.07) is 7.83. The fourth-order valence-electron chi connectivity index (χ4n) is 1.67. The first-order valence-corrected chi connectivity index (χ1v) is 8.07. The molecule has 0 bridgehead atoms. The zero-order chi connectivity index (χ0) is 14.8. The van der Waals surface area contributed by atoms with Crippen LogP contribution in [-0.4, -0.2) is 49.0 Å². The normalized spacial score (nSPS) is 13.8. The summed E-state index contributed by atoms with van der Waals surface area (Å²) in [5.74, 6) is 3.51. The number of aliphatic hydroxyl groups is 1. The molecular formula is C15H25NO3S. The molecule has 0 aliphatic carbocycles. The summed E-state index contributed by atoms with van der Waals surface area (Å²) in [6.45, 7) is 5.05. The molecule has 2 N–H and O–H groups in total. The maximum atomic E-state index is 9.91. The minimum Gasteiger partial charge on any atom is -0.493 e. The molecule has 1 aromatic carbocycles. The molecule has 0 aliphatic rings. The van der Waals surface area contributed by atoms with Crippen molar-refractivity contribution in [1.29, 1.82) is 0 Å². The lowest BCUT2D eigenvalue weighted by Crippen LogP contribution is -2.37. The Morgan fingerprint density at radius 3 is 2.65 bits per heavy atom. The number of nitrogens with one attached hydrogen (secondary N) is 1. The third-order valence-corrected chi connectivity index (χ3v) is 3.92. The maximum Gasteiger partial charge on any atom is 0.161 e. The zero-order valence-electron chi connectivity index (χ0n) is 12.5. The van der Waals surface area contributed by atoms with Crippen molar-refractivity contribution >= 4 is 11.8 Å². The fourth-order valence-corrected chi connectivity index (χ4v) is 2.38. The van der Waals surface area contributed by atoms with E-state index < -0.39 is 6.10 Å². The molecule has 0 amide bonds. The minimum atomic E-state index is -0.533. The molecule has 0 aliphatic heterocycles. The number of ether oxygens (including phenoxy) is 2. The van der Waals surface area contributed by atoms with Crippen molar-refractivity contribution in [3.8, 4) is 11.5 Å². The lowest BCUT2D eigenvalue weighted by atomic mass is 10.3. The maximum absolute atomic E-state index is 9.91. The summed E-state index contributed by atoms with van der Waals surface area (Å²) < 4.78 is 10.8. The SMILES string of the molecule is CCSCC(C)NCC(O)COc1ccccc1OC. The Morgan fingerprint density at radius 2 is 2.00 bits per heavy atom. The summed E-state index contributed by atoms with van der Waals surface area (Å²) in [5, 5.41) is 13.2. The molecule has 0 aromatic heterocycles. The van der Waals surface area contributed by atoms with E-state index >= 15 is 0 Å². The van der Waals surface area contributed by atoms with Crippen LogP contribution >= 0.6 is 11.8 Å². The van der Waals surface area contributed by atoms with E-state index in [0.29, 0.717) is 24.1 Å². The Bertz CT molecular complexity index is 376. The van der Waals surface area contributed by atoms with Crippen LogP contribution in [0.2, 0.25) is 0 Å². The fraction of sp³-hybridized carbons (Fsp3) is 0.600. The summed E-state index contributed by atoms with van der Waals surface area (Å²) in [6.07, 6.45) is -0.533. The number of thioether (sulfide) groups is 1. The van der Waals surface area contributed by atoms with E-state index in [1.807, 2.05) is 36.0 Å². The van der Waals surface area contributed by atoms with Gasteiger partial charge in [0.1, 0.15) is 12.7 Å².